The number of carbonyl (C=O) groups excluding carboxylic acids is 1. The minimum Gasteiger partial charge on any atom is -0.478 e. The number of piperidine rings is 2. The van der Waals surface area contributed by atoms with Gasteiger partial charge in [0, 0.05) is 56.8 Å². The Hall–Kier alpha value is -3.31. The van der Waals surface area contributed by atoms with E-state index in [1.807, 2.05) is 36.0 Å². The Morgan fingerprint density at radius 3 is 2.55 bits per heavy atom. The van der Waals surface area contributed by atoms with Crippen molar-refractivity contribution in [2.45, 2.75) is 65.5 Å². The minimum atomic E-state index is 0.0322. The predicted octanol–water partition coefficient (Wildman–Crippen LogP) is 3.22. The van der Waals surface area contributed by atoms with Crippen LogP contribution in [0.2, 0.25) is 0 Å². The molecule has 11 nitrogen and oxygen atoms in total. The van der Waals surface area contributed by atoms with Crippen LogP contribution in [0.4, 0.5) is 5.82 Å². The summed E-state index contributed by atoms with van der Waals surface area (Å²) in [5, 5.41) is 15.0. The summed E-state index contributed by atoms with van der Waals surface area (Å²) in [7, 11) is 0. The van der Waals surface area contributed by atoms with Gasteiger partial charge < -0.3 is 19.6 Å². The molecule has 0 radical (unpaired) electrons. The molecule has 2 fully saturated rings. The summed E-state index contributed by atoms with van der Waals surface area (Å²) < 4.78 is 7.39. The molecule has 0 bridgehead atoms. The Morgan fingerprint density at radius 1 is 1.10 bits per heavy atom. The molecule has 0 unspecified atom stereocenters. The van der Waals surface area contributed by atoms with E-state index in [2.05, 4.69) is 55.5 Å². The van der Waals surface area contributed by atoms with Crippen LogP contribution in [0.3, 0.4) is 0 Å². The molecule has 1 amide bonds. The normalized spacial score (nSPS) is 17.4. The fourth-order valence-electron chi connectivity index (χ4n) is 6.24. The SMILES string of the molecule is CCOc1cccc(Cn2ncc3c(N4CCC(C(=O)N5CCC(CN(CCO)C(C)(C)C)CC5)CC4)ncnc32)n1. The van der Waals surface area contributed by atoms with Gasteiger partial charge in [0.25, 0.3) is 0 Å². The van der Waals surface area contributed by atoms with E-state index in [9.17, 15) is 9.90 Å². The topological polar surface area (TPSA) is 113 Å². The molecule has 1 N–H and O–H groups in total. The fraction of sp³-hybridized carbons (Fsp3) is 0.645. The number of aromatic nitrogens is 5. The molecule has 2 saturated heterocycles. The van der Waals surface area contributed by atoms with E-state index in [4.69, 9.17) is 4.74 Å². The van der Waals surface area contributed by atoms with Crippen LogP contribution in [0.25, 0.3) is 11.0 Å². The Bertz CT molecular complexity index is 1320. The molecule has 0 aromatic carbocycles. The van der Waals surface area contributed by atoms with Gasteiger partial charge in [-0.05, 0) is 65.4 Å². The van der Waals surface area contributed by atoms with Crippen LogP contribution in [0.1, 0.15) is 59.1 Å². The Balaban J connectivity index is 1.16. The Kier molecular flexibility index (Phi) is 9.57. The number of likely N-dealkylation sites (tertiary alicyclic amines) is 1. The summed E-state index contributed by atoms with van der Waals surface area (Å²) in [6.07, 6.45) is 7.12. The van der Waals surface area contributed by atoms with Crippen LogP contribution in [0.15, 0.2) is 30.7 Å². The van der Waals surface area contributed by atoms with Crippen LogP contribution >= 0.6 is 0 Å². The van der Waals surface area contributed by atoms with Crippen LogP contribution in [0.5, 0.6) is 5.88 Å². The number of hydrogen-bond donors (Lipinski definition) is 1. The number of fused-ring (bicyclic) bond motifs is 1. The number of aliphatic hydroxyl groups is 1. The lowest BCUT2D eigenvalue weighted by Gasteiger charge is -2.41. The summed E-state index contributed by atoms with van der Waals surface area (Å²) in [6, 6.07) is 5.75. The average Bonchev–Trinajstić information content (AvgIpc) is 3.40. The molecule has 42 heavy (non-hydrogen) atoms. The smallest absolute Gasteiger partial charge is 0.225 e. The number of ether oxygens (including phenoxy) is 1. The van der Waals surface area contributed by atoms with Gasteiger partial charge in [-0.15, -0.1) is 0 Å². The zero-order valence-electron chi connectivity index (χ0n) is 25.6. The molecule has 5 heterocycles. The number of hydrogen-bond acceptors (Lipinski definition) is 9. The second-order valence-corrected chi connectivity index (χ2v) is 12.5. The van der Waals surface area contributed by atoms with E-state index in [0.717, 1.165) is 81.0 Å². The van der Waals surface area contributed by atoms with Gasteiger partial charge in [0.2, 0.25) is 11.8 Å². The van der Waals surface area contributed by atoms with E-state index in [-0.39, 0.29) is 18.1 Å². The summed E-state index contributed by atoms with van der Waals surface area (Å²) in [5.74, 6) is 2.40. The Labute approximate surface area is 248 Å². The zero-order chi connectivity index (χ0) is 29.7. The van der Waals surface area contributed by atoms with Gasteiger partial charge in [-0.1, -0.05) is 6.07 Å². The maximum absolute atomic E-state index is 13.5. The van der Waals surface area contributed by atoms with Crippen molar-refractivity contribution in [3.8, 4) is 5.88 Å². The first kappa shape index (κ1) is 30.2. The van der Waals surface area contributed by atoms with Crippen molar-refractivity contribution >= 4 is 22.8 Å². The van der Waals surface area contributed by atoms with Gasteiger partial charge in [-0.25, -0.2) is 19.6 Å². The van der Waals surface area contributed by atoms with Crippen LogP contribution in [0, 0.1) is 11.8 Å². The number of carbonyl (C=O) groups is 1. The average molecular weight is 579 g/mol. The number of aliphatic hydroxyl groups excluding tert-OH is 1. The fourth-order valence-corrected chi connectivity index (χ4v) is 6.24. The highest BCUT2D eigenvalue weighted by molar-refractivity contribution is 5.87. The molecule has 5 rings (SSSR count). The molecule has 228 valence electrons. The van der Waals surface area contributed by atoms with Crippen molar-refractivity contribution in [1.82, 2.24) is 34.5 Å². The van der Waals surface area contributed by atoms with Crippen molar-refractivity contribution in [2.75, 3.05) is 57.4 Å². The number of amides is 1. The number of rotatable bonds is 10. The van der Waals surface area contributed by atoms with Crippen molar-refractivity contribution in [2.24, 2.45) is 11.8 Å². The van der Waals surface area contributed by atoms with E-state index >= 15 is 0 Å². The standard InChI is InChI=1S/C31H46N8O3/c1-5-42-27-8-6-7-25(35-27)21-39-29-26(19-34-39)28(32-22-33-29)36-15-11-24(12-16-36)30(41)37-13-9-23(10-14-37)20-38(17-18-40)31(2,3)4/h6-8,19,22-24,40H,5,9-18,20-21H2,1-4H3. The predicted molar refractivity (Wildman–Crippen MR) is 162 cm³/mol. The molecule has 11 heteroatoms. The lowest BCUT2D eigenvalue weighted by Crippen LogP contribution is -2.49. The van der Waals surface area contributed by atoms with Gasteiger partial charge in [0.1, 0.15) is 12.1 Å². The summed E-state index contributed by atoms with van der Waals surface area (Å²) in [4.78, 5) is 33.9. The second-order valence-electron chi connectivity index (χ2n) is 12.5. The Morgan fingerprint density at radius 2 is 1.86 bits per heavy atom. The third-order valence-electron chi connectivity index (χ3n) is 8.66. The maximum Gasteiger partial charge on any atom is 0.225 e. The van der Waals surface area contributed by atoms with Gasteiger partial charge in [-0.3, -0.25) is 9.69 Å². The first-order chi connectivity index (χ1) is 20.3. The zero-order valence-corrected chi connectivity index (χ0v) is 25.6. The van der Waals surface area contributed by atoms with E-state index in [0.29, 0.717) is 37.4 Å². The monoisotopic (exact) mass is 578 g/mol. The van der Waals surface area contributed by atoms with E-state index in [1.54, 1.807) is 6.33 Å². The van der Waals surface area contributed by atoms with Crippen LogP contribution < -0.4 is 9.64 Å². The maximum atomic E-state index is 13.5. The van der Waals surface area contributed by atoms with Crippen molar-refractivity contribution < 1.29 is 14.6 Å². The molecular weight excluding hydrogens is 532 g/mol. The molecule has 0 atom stereocenters. The number of nitrogens with zero attached hydrogens (tertiary/aromatic N) is 8. The number of pyridine rings is 1. The highest BCUT2D eigenvalue weighted by Crippen LogP contribution is 2.30. The molecule has 0 saturated carbocycles. The summed E-state index contributed by atoms with van der Waals surface area (Å²) in [6.45, 7) is 14.7. The van der Waals surface area contributed by atoms with E-state index < -0.39 is 0 Å². The summed E-state index contributed by atoms with van der Waals surface area (Å²) >= 11 is 0. The lowest BCUT2D eigenvalue weighted by atomic mass is 9.91. The quantitative estimate of drug-likeness (QED) is 0.387. The summed E-state index contributed by atoms with van der Waals surface area (Å²) in [5.41, 5.74) is 1.66. The second kappa shape index (κ2) is 13.3. The van der Waals surface area contributed by atoms with Crippen LogP contribution in [-0.4, -0.2) is 104 Å². The van der Waals surface area contributed by atoms with Crippen molar-refractivity contribution in [3.63, 3.8) is 0 Å². The largest absolute Gasteiger partial charge is 0.478 e. The minimum absolute atomic E-state index is 0.0322. The highest BCUT2D eigenvalue weighted by Gasteiger charge is 2.33. The lowest BCUT2D eigenvalue weighted by molar-refractivity contribution is -0.137. The highest BCUT2D eigenvalue weighted by atomic mass is 16.5. The molecular formula is C31H46N8O3. The molecule has 2 aliphatic rings. The van der Waals surface area contributed by atoms with Crippen molar-refractivity contribution in [3.05, 3.63) is 36.4 Å². The third-order valence-corrected chi connectivity index (χ3v) is 8.66. The van der Waals surface area contributed by atoms with Crippen molar-refractivity contribution in [1.29, 1.82) is 0 Å². The van der Waals surface area contributed by atoms with E-state index in [1.165, 1.54) is 0 Å². The number of β-amino-alcohol motifs (C(OH)–C–C–N with tert-alkyl or cyclic N) is 1. The van der Waals surface area contributed by atoms with Gasteiger partial charge in [0.05, 0.1) is 37.0 Å². The van der Waals surface area contributed by atoms with Gasteiger partial charge in [0.15, 0.2) is 5.65 Å². The molecule has 3 aromatic rings. The molecule has 2 aliphatic heterocycles. The molecule has 0 aliphatic carbocycles. The van der Waals surface area contributed by atoms with Gasteiger partial charge >= 0.3 is 0 Å². The first-order valence-corrected chi connectivity index (χ1v) is 15.4. The first-order valence-electron chi connectivity index (χ1n) is 15.4. The molecule has 3 aromatic heterocycles. The third kappa shape index (κ3) is 7.00. The number of anilines is 1. The van der Waals surface area contributed by atoms with Crippen LogP contribution in [-0.2, 0) is 11.3 Å². The molecule has 0 spiro atoms. The van der Waals surface area contributed by atoms with Gasteiger partial charge in [-0.2, -0.15) is 5.10 Å².